The summed E-state index contributed by atoms with van der Waals surface area (Å²) in [5.41, 5.74) is 1.89. The number of carbonyl (C=O) groups is 1. The summed E-state index contributed by atoms with van der Waals surface area (Å²) in [6, 6.07) is 8.41. The van der Waals surface area contributed by atoms with Gasteiger partial charge in [-0.1, -0.05) is 29.3 Å². The van der Waals surface area contributed by atoms with Gasteiger partial charge in [0.1, 0.15) is 5.82 Å². The summed E-state index contributed by atoms with van der Waals surface area (Å²) in [7, 11) is 0. The number of hydrogen-bond donors (Lipinski definition) is 2. The summed E-state index contributed by atoms with van der Waals surface area (Å²) >= 11 is 12.2. The van der Waals surface area contributed by atoms with Gasteiger partial charge in [0.05, 0.1) is 27.8 Å². The van der Waals surface area contributed by atoms with Crippen LogP contribution in [0.4, 0.5) is 4.39 Å². The Balaban J connectivity index is 0.00000256. The SMILES string of the molecule is Cl.O=C(O)c1cc(C2CC2)c(C[C@]2(Cc3ccc(Cl)c(Cl)c3)CNCCO2)cc1F. The summed E-state index contributed by atoms with van der Waals surface area (Å²) in [6.45, 7) is 1.92. The Hall–Kier alpha value is -1.37. The molecular formula is C22H23Cl3FNO3. The van der Waals surface area contributed by atoms with Crippen molar-refractivity contribution in [3.63, 3.8) is 0 Å². The highest BCUT2D eigenvalue weighted by Crippen LogP contribution is 2.43. The van der Waals surface area contributed by atoms with Crippen molar-refractivity contribution in [1.82, 2.24) is 5.32 Å². The van der Waals surface area contributed by atoms with Crippen LogP contribution in [0.5, 0.6) is 0 Å². The van der Waals surface area contributed by atoms with Gasteiger partial charge in [-0.2, -0.15) is 0 Å². The van der Waals surface area contributed by atoms with Gasteiger partial charge < -0.3 is 15.2 Å². The molecule has 162 valence electrons. The van der Waals surface area contributed by atoms with Crippen molar-refractivity contribution in [2.45, 2.75) is 37.2 Å². The van der Waals surface area contributed by atoms with Crippen LogP contribution in [0, 0.1) is 5.82 Å². The van der Waals surface area contributed by atoms with E-state index in [-0.39, 0.29) is 18.0 Å². The van der Waals surface area contributed by atoms with Gasteiger partial charge >= 0.3 is 5.97 Å². The number of aromatic carboxylic acids is 1. The Morgan fingerprint density at radius 3 is 2.57 bits per heavy atom. The largest absolute Gasteiger partial charge is 0.478 e. The molecule has 1 aliphatic heterocycles. The topological polar surface area (TPSA) is 58.6 Å². The first kappa shape index (κ1) is 23.3. The molecule has 0 bridgehead atoms. The number of rotatable bonds is 6. The molecule has 2 aromatic carbocycles. The molecule has 30 heavy (non-hydrogen) atoms. The van der Waals surface area contributed by atoms with Crippen LogP contribution in [-0.2, 0) is 17.6 Å². The van der Waals surface area contributed by atoms with Crippen molar-refractivity contribution >= 4 is 41.6 Å². The maximum Gasteiger partial charge on any atom is 0.338 e. The minimum atomic E-state index is -1.24. The van der Waals surface area contributed by atoms with E-state index in [0.717, 1.165) is 36.1 Å². The zero-order valence-corrected chi connectivity index (χ0v) is 18.5. The molecule has 0 amide bonds. The molecule has 2 aliphatic rings. The molecule has 4 nitrogen and oxygen atoms in total. The normalized spacial score (nSPS) is 21.2. The fraction of sp³-hybridized carbons (Fsp3) is 0.409. The molecular weight excluding hydrogens is 452 g/mol. The second-order valence-corrected chi connectivity index (χ2v) is 8.73. The van der Waals surface area contributed by atoms with Crippen molar-refractivity contribution < 1.29 is 19.0 Å². The predicted molar refractivity (Wildman–Crippen MR) is 118 cm³/mol. The maximum absolute atomic E-state index is 14.5. The zero-order valence-electron chi connectivity index (χ0n) is 16.2. The molecule has 0 spiro atoms. The van der Waals surface area contributed by atoms with Crippen molar-refractivity contribution in [1.29, 1.82) is 0 Å². The van der Waals surface area contributed by atoms with Crippen molar-refractivity contribution in [2.24, 2.45) is 0 Å². The first-order valence-corrected chi connectivity index (χ1v) is 10.5. The van der Waals surface area contributed by atoms with Crippen LogP contribution in [0.15, 0.2) is 30.3 Å². The zero-order chi connectivity index (χ0) is 20.6. The first-order chi connectivity index (χ1) is 13.9. The van der Waals surface area contributed by atoms with Crippen LogP contribution in [0.2, 0.25) is 10.0 Å². The van der Waals surface area contributed by atoms with E-state index in [9.17, 15) is 14.3 Å². The van der Waals surface area contributed by atoms with Gasteiger partial charge in [0.2, 0.25) is 0 Å². The Morgan fingerprint density at radius 1 is 1.20 bits per heavy atom. The van der Waals surface area contributed by atoms with E-state index in [1.807, 2.05) is 12.1 Å². The van der Waals surface area contributed by atoms with Crippen LogP contribution >= 0.6 is 35.6 Å². The lowest BCUT2D eigenvalue weighted by Gasteiger charge is -2.39. The molecule has 1 atom stereocenters. The van der Waals surface area contributed by atoms with E-state index in [1.165, 1.54) is 12.1 Å². The molecule has 8 heteroatoms. The highest BCUT2D eigenvalue weighted by molar-refractivity contribution is 6.42. The molecule has 1 saturated heterocycles. The molecule has 1 saturated carbocycles. The monoisotopic (exact) mass is 473 g/mol. The van der Waals surface area contributed by atoms with Crippen LogP contribution in [0.1, 0.15) is 45.8 Å². The summed E-state index contributed by atoms with van der Waals surface area (Å²) in [5.74, 6) is -1.65. The average Bonchev–Trinajstić information content (AvgIpc) is 3.50. The quantitative estimate of drug-likeness (QED) is 0.598. The van der Waals surface area contributed by atoms with E-state index in [4.69, 9.17) is 27.9 Å². The molecule has 2 aromatic rings. The number of nitrogens with one attached hydrogen (secondary N) is 1. The minimum Gasteiger partial charge on any atom is -0.478 e. The molecule has 0 aromatic heterocycles. The van der Waals surface area contributed by atoms with E-state index >= 15 is 0 Å². The summed E-state index contributed by atoms with van der Waals surface area (Å²) in [6.07, 6.45) is 3.07. The van der Waals surface area contributed by atoms with Gasteiger partial charge in [-0.15, -0.1) is 12.4 Å². The summed E-state index contributed by atoms with van der Waals surface area (Å²) < 4.78 is 20.7. The van der Waals surface area contributed by atoms with Gasteiger partial charge in [0.15, 0.2) is 0 Å². The van der Waals surface area contributed by atoms with E-state index in [0.29, 0.717) is 42.0 Å². The Kier molecular flexibility index (Phi) is 7.31. The molecule has 2 N–H and O–H groups in total. The number of ether oxygens (including phenoxy) is 1. The lowest BCUT2D eigenvalue weighted by atomic mass is 9.84. The number of carboxylic acids is 1. The highest BCUT2D eigenvalue weighted by atomic mass is 35.5. The standard InChI is InChI=1S/C22H22Cl2FNO3.ClH/c23-18-4-1-13(7-19(18)24)10-22(12-26-5-6-29-22)11-15-8-20(25)17(21(27)28)9-16(15)14-2-3-14;/h1,4,7-9,14,26H,2-3,5-6,10-12H2,(H,27,28);1H/t22-;/m1./s1. The number of morpholine rings is 1. The fourth-order valence-electron chi connectivity index (χ4n) is 4.09. The van der Waals surface area contributed by atoms with Gasteiger partial charge in [-0.25, -0.2) is 9.18 Å². The van der Waals surface area contributed by atoms with Gasteiger partial charge in [0, 0.05) is 25.9 Å². The predicted octanol–water partition coefficient (Wildman–Crippen LogP) is 5.27. The first-order valence-electron chi connectivity index (χ1n) is 9.71. The highest BCUT2D eigenvalue weighted by Gasteiger charge is 2.37. The molecule has 2 fully saturated rings. The third-order valence-corrected chi connectivity index (χ3v) is 6.37. The fourth-order valence-corrected chi connectivity index (χ4v) is 4.41. The minimum absolute atomic E-state index is 0. The van der Waals surface area contributed by atoms with Gasteiger partial charge in [-0.3, -0.25) is 0 Å². The molecule has 0 unspecified atom stereocenters. The van der Waals surface area contributed by atoms with Gasteiger partial charge in [-0.05, 0) is 59.7 Å². The molecule has 0 radical (unpaired) electrons. The Labute approximate surface area is 191 Å². The lowest BCUT2D eigenvalue weighted by Crippen LogP contribution is -2.52. The third-order valence-electron chi connectivity index (χ3n) is 5.63. The second-order valence-electron chi connectivity index (χ2n) is 7.92. The Bertz CT molecular complexity index is 943. The summed E-state index contributed by atoms with van der Waals surface area (Å²) in [5, 5.41) is 13.7. The number of carboxylic acid groups (broad SMARTS) is 1. The number of benzene rings is 2. The van der Waals surface area contributed by atoms with Crippen molar-refractivity contribution in [3.8, 4) is 0 Å². The van der Waals surface area contributed by atoms with Crippen molar-refractivity contribution in [3.05, 3.63) is 68.4 Å². The number of hydrogen-bond acceptors (Lipinski definition) is 3. The second kappa shape index (κ2) is 9.41. The molecule has 1 heterocycles. The van der Waals surface area contributed by atoms with Crippen LogP contribution in [0.25, 0.3) is 0 Å². The Morgan fingerprint density at radius 2 is 1.97 bits per heavy atom. The van der Waals surface area contributed by atoms with E-state index in [2.05, 4.69) is 5.32 Å². The van der Waals surface area contributed by atoms with Crippen molar-refractivity contribution in [2.75, 3.05) is 19.7 Å². The third kappa shape index (κ3) is 5.09. The smallest absolute Gasteiger partial charge is 0.338 e. The number of halogens is 4. The maximum atomic E-state index is 14.5. The lowest BCUT2D eigenvalue weighted by molar-refractivity contribution is -0.0650. The van der Waals surface area contributed by atoms with Crippen LogP contribution in [-0.4, -0.2) is 36.4 Å². The average molecular weight is 475 g/mol. The van der Waals surface area contributed by atoms with Crippen LogP contribution < -0.4 is 5.32 Å². The molecule has 4 rings (SSSR count). The van der Waals surface area contributed by atoms with E-state index in [1.54, 1.807) is 6.07 Å². The van der Waals surface area contributed by atoms with Crippen LogP contribution in [0.3, 0.4) is 0 Å². The van der Waals surface area contributed by atoms with Gasteiger partial charge in [0.25, 0.3) is 0 Å². The van der Waals surface area contributed by atoms with E-state index < -0.39 is 17.4 Å². The summed E-state index contributed by atoms with van der Waals surface area (Å²) in [4.78, 5) is 11.4. The molecule has 1 aliphatic carbocycles.